The smallest absolute Gasteiger partial charge is 0.250 e. The Bertz CT molecular complexity index is 511. The molecule has 0 aliphatic carbocycles. The molecule has 18 heavy (non-hydrogen) atoms. The molecule has 1 N–H and O–H groups in total. The molecule has 0 radical (unpaired) electrons. The van der Waals surface area contributed by atoms with E-state index in [1.807, 2.05) is 0 Å². The highest BCUT2D eigenvalue weighted by Gasteiger charge is 2.24. The van der Waals surface area contributed by atoms with Crippen molar-refractivity contribution in [2.75, 3.05) is 5.32 Å². The summed E-state index contributed by atoms with van der Waals surface area (Å²) in [6.45, 7) is 3.45. The minimum atomic E-state index is -1.35. The van der Waals surface area contributed by atoms with Gasteiger partial charge < -0.3 is 5.32 Å². The van der Waals surface area contributed by atoms with Gasteiger partial charge >= 0.3 is 0 Å². The number of nitrogens with one attached hydrogen (secondary N) is 1. The summed E-state index contributed by atoms with van der Waals surface area (Å²) < 4.78 is 0. The van der Waals surface area contributed by atoms with Gasteiger partial charge in [-0.3, -0.25) is 9.59 Å². The fraction of sp³-hybridized carbons (Fsp3) is 0.231. The average Bonchev–Trinajstić information content (AvgIpc) is 2.30. The molecule has 0 unspecified atom stereocenters. The van der Waals surface area contributed by atoms with E-state index >= 15 is 0 Å². The van der Waals surface area contributed by atoms with Gasteiger partial charge in [0.2, 0.25) is 0 Å². The number of ketones is 1. The van der Waals surface area contributed by atoms with Crippen LogP contribution in [0.4, 0.5) is 5.82 Å². The highest BCUT2D eigenvalue weighted by Crippen LogP contribution is 2.07. The van der Waals surface area contributed by atoms with E-state index in [0.29, 0.717) is 5.82 Å². The SMILES string of the molecule is CC(C)=CC(=O)[C@@H](C#N)C(=O)Nc1ccccn1. The van der Waals surface area contributed by atoms with Crippen LogP contribution in [0.25, 0.3) is 0 Å². The van der Waals surface area contributed by atoms with Gasteiger partial charge in [-0.05, 0) is 32.1 Å². The lowest BCUT2D eigenvalue weighted by atomic mass is 10.0. The van der Waals surface area contributed by atoms with E-state index < -0.39 is 17.6 Å². The molecule has 1 heterocycles. The van der Waals surface area contributed by atoms with Crippen LogP contribution in [0.2, 0.25) is 0 Å². The second-order valence-corrected chi connectivity index (χ2v) is 3.89. The van der Waals surface area contributed by atoms with Crippen molar-refractivity contribution in [2.24, 2.45) is 5.92 Å². The Labute approximate surface area is 105 Å². The molecule has 0 saturated carbocycles. The molecule has 0 aliphatic heterocycles. The zero-order chi connectivity index (χ0) is 13.5. The van der Waals surface area contributed by atoms with Gasteiger partial charge in [-0.1, -0.05) is 11.6 Å². The molecule has 0 fully saturated rings. The number of hydrogen-bond donors (Lipinski definition) is 1. The second-order valence-electron chi connectivity index (χ2n) is 3.89. The predicted octanol–water partition coefficient (Wildman–Crippen LogP) is 1.70. The third kappa shape index (κ3) is 3.83. The molecule has 1 aromatic rings. The number of rotatable bonds is 4. The van der Waals surface area contributed by atoms with Gasteiger partial charge in [-0.15, -0.1) is 0 Å². The zero-order valence-corrected chi connectivity index (χ0v) is 10.2. The first kappa shape index (κ1) is 13.6. The minimum absolute atomic E-state index is 0.313. The van der Waals surface area contributed by atoms with Crippen molar-refractivity contribution < 1.29 is 9.59 Å². The first-order chi connectivity index (χ1) is 8.54. The first-order valence-corrected chi connectivity index (χ1v) is 5.35. The van der Waals surface area contributed by atoms with Crippen molar-refractivity contribution in [3.05, 3.63) is 36.0 Å². The van der Waals surface area contributed by atoms with Crippen LogP contribution in [0.15, 0.2) is 36.0 Å². The van der Waals surface area contributed by atoms with Crippen molar-refractivity contribution in [3.8, 4) is 6.07 Å². The molecular weight excluding hydrogens is 230 g/mol. The minimum Gasteiger partial charge on any atom is -0.309 e. The molecule has 1 amide bonds. The van der Waals surface area contributed by atoms with E-state index in [-0.39, 0.29) is 0 Å². The van der Waals surface area contributed by atoms with Gasteiger partial charge in [0.15, 0.2) is 11.7 Å². The summed E-state index contributed by atoms with van der Waals surface area (Å²) in [5.74, 6) is -2.22. The van der Waals surface area contributed by atoms with Crippen LogP contribution in [0.3, 0.4) is 0 Å². The fourth-order valence-corrected chi connectivity index (χ4v) is 1.25. The number of pyridine rings is 1. The molecule has 1 aromatic heterocycles. The van der Waals surface area contributed by atoms with E-state index in [4.69, 9.17) is 5.26 Å². The van der Waals surface area contributed by atoms with Crippen molar-refractivity contribution >= 4 is 17.5 Å². The molecule has 1 rings (SSSR count). The Morgan fingerprint density at radius 1 is 1.44 bits per heavy atom. The molecule has 5 heteroatoms. The summed E-state index contributed by atoms with van der Waals surface area (Å²) in [6.07, 6.45) is 2.79. The fourth-order valence-electron chi connectivity index (χ4n) is 1.25. The van der Waals surface area contributed by atoms with Gasteiger partial charge in [0, 0.05) is 6.20 Å². The average molecular weight is 243 g/mol. The zero-order valence-electron chi connectivity index (χ0n) is 10.2. The van der Waals surface area contributed by atoms with E-state index in [1.54, 1.807) is 38.1 Å². The number of allylic oxidation sites excluding steroid dienone is 2. The number of carbonyl (C=O) groups is 2. The number of anilines is 1. The van der Waals surface area contributed by atoms with Crippen LogP contribution in [0.5, 0.6) is 0 Å². The van der Waals surface area contributed by atoms with Crippen molar-refractivity contribution in [2.45, 2.75) is 13.8 Å². The summed E-state index contributed by atoms with van der Waals surface area (Å²) in [5, 5.41) is 11.3. The number of nitriles is 1. The highest BCUT2D eigenvalue weighted by atomic mass is 16.2. The number of hydrogen-bond acceptors (Lipinski definition) is 4. The first-order valence-electron chi connectivity index (χ1n) is 5.35. The molecule has 92 valence electrons. The van der Waals surface area contributed by atoms with Crippen LogP contribution >= 0.6 is 0 Å². The largest absolute Gasteiger partial charge is 0.309 e. The van der Waals surface area contributed by atoms with Crippen molar-refractivity contribution in [3.63, 3.8) is 0 Å². The van der Waals surface area contributed by atoms with Crippen LogP contribution in [-0.4, -0.2) is 16.7 Å². The Morgan fingerprint density at radius 3 is 2.67 bits per heavy atom. The van der Waals surface area contributed by atoms with Crippen molar-refractivity contribution in [1.29, 1.82) is 5.26 Å². The van der Waals surface area contributed by atoms with Gasteiger partial charge in [0.25, 0.3) is 5.91 Å². The topological polar surface area (TPSA) is 82.8 Å². The van der Waals surface area contributed by atoms with Gasteiger partial charge in [0.1, 0.15) is 5.82 Å². The third-order valence-electron chi connectivity index (χ3n) is 2.02. The predicted molar refractivity (Wildman–Crippen MR) is 66.4 cm³/mol. The van der Waals surface area contributed by atoms with Gasteiger partial charge in [-0.2, -0.15) is 5.26 Å². The lowest BCUT2D eigenvalue weighted by Crippen LogP contribution is -2.28. The van der Waals surface area contributed by atoms with Crippen LogP contribution in [-0.2, 0) is 9.59 Å². The lowest BCUT2D eigenvalue weighted by molar-refractivity contribution is -0.126. The molecule has 5 nitrogen and oxygen atoms in total. The molecule has 0 aliphatic rings. The maximum atomic E-state index is 11.7. The normalized spacial score (nSPS) is 10.9. The molecule has 1 atom stereocenters. The van der Waals surface area contributed by atoms with Crippen LogP contribution < -0.4 is 5.32 Å². The number of amides is 1. The lowest BCUT2D eigenvalue weighted by Gasteiger charge is -2.06. The van der Waals surface area contributed by atoms with E-state index in [2.05, 4.69) is 10.3 Å². The Kier molecular flexibility index (Phi) is 4.76. The Balaban J connectivity index is 2.79. The number of carbonyl (C=O) groups excluding carboxylic acids is 2. The second kappa shape index (κ2) is 6.30. The maximum absolute atomic E-state index is 11.7. The van der Waals surface area contributed by atoms with E-state index in [9.17, 15) is 9.59 Å². The highest BCUT2D eigenvalue weighted by molar-refractivity contribution is 6.13. The van der Waals surface area contributed by atoms with Gasteiger partial charge in [0.05, 0.1) is 6.07 Å². The molecule has 0 saturated heterocycles. The third-order valence-corrected chi connectivity index (χ3v) is 2.02. The number of nitrogens with zero attached hydrogens (tertiary/aromatic N) is 2. The van der Waals surface area contributed by atoms with Crippen LogP contribution in [0, 0.1) is 17.2 Å². The molecule has 0 aromatic carbocycles. The summed E-state index contributed by atoms with van der Waals surface area (Å²) in [6, 6.07) is 6.67. The Hall–Kier alpha value is -2.48. The van der Waals surface area contributed by atoms with Gasteiger partial charge in [-0.25, -0.2) is 4.98 Å². The summed E-state index contributed by atoms with van der Waals surface area (Å²) in [5.41, 5.74) is 0.742. The monoisotopic (exact) mass is 243 g/mol. The maximum Gasteiger partial charge on any atom is 0.250 e. The Morgan fingerprint density at radius 2 is 2.17 bits per heavy atom. The summed E-state index contributed by atoms with van der Waals surface area (Å²) in [7, 11) is 0. The summed E-state index contributed by atoms with van der Waals surface area (Å²) in [4.78, 5) is 27.3. The molecular formula is C13H13N3O2. The van der Waals surface area contributed by atoms with Crippen LogP contribution in [0.1, 0.15) is 13.8 Å². The quantitative estimate of drug-likeness (QED) is 0.644. The van der Waals surface area contributed by atoms with E-state index in [1.165, 1.54) is 12.3 Å². The van der Waals surface area contributed by atoms with Crippen molar-refractivity contribution in [1.82, 2.24) is 4.98 Å². The molecule has 0 bridgehead atoms. The summed E-state index contributed by atoms with van der Waals surface area (Å²) >= 11 is 0. The number of aromatic nitrogens is 1. The van der Waals surface area contributed by atoms with E-state index in [0.717, 1.165) is 5.57 Å². The molecule has 0 spiro atoms. The standard InChI is InChI=1S/C13H13N3O2/c1-9(2)7-11(17)10(8-14)13(18)16-12-5-3-4-6-15-12/h3-7,10H,1-2H3,(H,15,16,18)/t10-/m1/s1.